The van der Waals surface area contributed by atoms with Gasteiger partial charge in [0.15, 0.2) is 5.78 Å². The van der Waals surface area contributed by atoms with E-state index in [1.165, 1.54) is 0 Å². The standard InChI is InChI=1S/C27H28N2O2/c1-20-26(27(30)23-12-6-9-21-8-2-3-10-22(21)23)24-11-4-5-13-25(24)29(20)15-7-14-28-16-18-31-19-17-28/h2-6,8-13H,7,14-19H2,1H3. The normalized spacial score (nSPS) is 15.0. The zero-order chi connectivity index (χ0) is 21.2. The van der Waals surface area contributed by atoms with Crippen LogP contribution in [0.25, 0.3) is 21.7 Å². The summed E-state index contributed by atoms with van der Waals surface area (Å²) in [6.45, 7) is 7.73. The number of carbonyl (C=O) groups is 1. The van der Waals surface area contributed by atoms with Gasteiger partial charge in [0.2, 0.25) is 0 Å². The monoisotopic (exact) mass is 412 g/mol. The summed E-state index contributed by atoms with van der Waals surface area (Å²) in [4.78, 5) is 16.3. The van der Waals surface area contributed by atoms with E-state index in [2.05, 4.69) is 46.7 Å². The summed E-state index contributed by atoms with van der Waals surface area (Å²) < 4.78 is 7.79. The van der Waals surface area contributed by atoms with Crippen LogP contribution in [0.15, 0.2) is 66.7 Å². The van der Waals surface area contributed by atoms with Crippen LogP contribution in [0.4, 0.5) is 0 Å². The number of ketones is 1. The number of aromatic nitrogens is 1. The molecule has 1 fully saturated rings. The number of benzene rings is 3. The molecular formula is C27H28N2O2. The Balaban J connectivity index is 1.50. The van der Waals surface area contributed by atoms with Crippen LogP contribution in [0.1, 0.15) is 28.0 Å². The lowest BCUT2D eigenvalue weighted by Gasteiger charge is -2.26. The first-order valence-electron chi connectivity index (χ1n) is 11.1. The number of fused-ring (bicyclic) bond motifs is 2. The molecule has 0 saturated carbocycles. The predicted octanol–water partition coefficient (Wildman–Crippen LogP) is 5.06. The van der Waals surface area contributed by atoms with Crippen molar-refractivity contribution in [1.82, 2.24) is 9.47 Å². The fourth-order valence-electron chi connectivity index (χ4n) is 4.84. The van der Waals surface area contributed by atoms with Crippen LogP contribution < -0.4 is 0 Å². The lowest BCUT2D eigenvalue weighted by molar-refractivity contribution is 0.0369. The average Bonchev–Trinajstić information content (AvgIpc) is 3.10. The molecule has 5 rings (SSSR count). The Hall–Kier alpha value is -2.95. The van der Waals surface area contributed by atoms with Crippen LogP contribution in [0.3, 0.4) is 0 Å². The molecule has 4 aromatic rings. The van der Waals surface area contributed by atoms with E-state index in [1.54, 1.807) is 0 Å². The molecule has 0 unspecified atom stereocenters. The lowest BCUT2D eigenvalue weighted by atomic mass is 9.95. The van der Waals surface area contributed by atoms with Crippen LogP contribution in [0.2, 0.25) is 0 Å². The largest absolute Gasteiger partial charge is 0.379 e. The van der Waals surface area contributed by atoms with Crippen LogP contribution in [-0.2, 0) is 11.3 Å². The number of aryl methyl sites for hydroxylation is 1. The molecule has 0 N–H and O–H groups in total. The van der Waals surface area contributed by atoms with Gasteiger partial charge < -0.3 is 9.30 Å². The maximum absolute atomic E-state index is 13.8. The molecule has 158 valence electrons. The molecule has 0 amide bonds. The first-order chi connectivity index (χ1) is 15.2. The molecule has 31 heavy (non-hydrogen) atoms. The number of para-hydroxylation sites is 1. The molecule has 1 saturated heterocycles. The maximum Gasteiger partial charge on any atom is 0.196 e. The minimum Gasteiger partial charge on any atom is -0.379 e. The summed E-state index contributed by atoms with van der Waals surface area (Å²) in [5.74, 6) is 0.109. The quantitative estimate of drug-likeness (QED) is 0.415. The minimum absolute atomic E-state index is 0.109. The molecule has 0 bridgehead atoms. The summed E-state index contributed by atoms with van der Waals surface area (Å²) in [5, 5.41) is 3.16. The number of rotatable bonds is 6. The second-order valence-electron chi connectivity index (χ2n) is 8.29. The molecular weight excluding hydrogens is 384 g/mol. The van der Waals surface area contributed by atoms with E-state index in [4.69, 9.17) is 4.74 Å². The minimum atomic E-state index is 0.109. The van der Waals surface area contributed by atoms with E-state index in [-0.39, 0.29) is 5.78 Å². The first kappa shape index (κ1) is 20.0. The van der Waals surface area contributed by atoms with Crippen molar-refractivity contribution in [3.63, 3.8) is 0 Å². The van der Waals surface area contributed by atoms with Gasteiger partial charge in [0.1, 0.15) is 0 Å². The smallest absolute Gasteiger partial charge is 0.196 e. The van der Waals surface area contributed by atoms with Gasteiger partial charge in [-0.1, -0.05) is 60.7 Å². The van der Waals surface area contributed by atoms with Crippen molar-refractivity contribution in [1.29, 1.82) is 0 Å². The highest BCUT2D eigenvalue weighted by Crippen LogP contribution is 2.30. The molecule has 4 nitrogen and oxygen atoms in total. The van der Waals surface area contributed by atoms with Gasteiger partial charge >= 0.3 is 0 Å². The molecule has 0 spiro atoms. The van der Waals surface area contributed by atoms with Crippen molar-refractivity contribution in [2.45, 2.75) is 19.9 Å². The Morgan fingerprint density at radius 1 is 0.871 bits per heavy atom. The van der Waals surface area contributed by atoms with Gasteiger partial charge in [-0.2, -0.15) is 0 Å². The maximum atomic E-state index is 13.8. The van der Waals surface area contributed by atoms with Crippen molar-refractivity contribution in [3.05, 3.63) is 83.6 Å². The van der Waals surface area contributed by atoms with Crippen LogP contribution in [-0.4, -0.2) is 48.1 Å². The van der Waals surface area contributed by atoms with E-state index in [0.717, 1.165) is 84.3 Å². The Morgan fingerprint density at radius 3 is 2.42 bits per heavy atom. The van der Waals surface area contributed by atoms with Gasteiger partial charge in [-0.25, -0.2) is 0 Å². The summed E-state index contributed by atoms with van der Waals surface area (Å²) in [5.41, 5.74) is 3.81. The summed E-state index contributed by atoms with van der Waals surface area (Å²) in [6.07, 6.45) is 1.06. The van der Waals surface area contributed by atoms with E-state index >= 15 is 0 Å². The van der Waals surface area contributed by atoms with E-state index < -0.39 is 0 Å². The van der Waals surface area contributed by atoms with Crippen molar-refractivity contribution in [3.8, 4) is 0 Å². The second-order valence-corrected chi connectivity index (χ2v) is 8.29. The molecule has 1 aliphatic rings. The highest BCUT2D eigenvalue weighted by atomic mass is 16.5. The molecule has 0 radical (unpaired) electrons. The molecule has 1 aromatic heterocycles. The molecule has 2 heterocycles. The highest BCUT2D eigenvalue weighted by Gasteiger charge is 2.22. The Kier molecular flexibility index (Phi) is 5.58. The Labute approximate surface area is 183 Å². The van der Waals surface area contributed by atoms with Gasteiger partial charge in [-0.15, -0.1) is 0 Å². The van der Waals surface area contributed by atoms with Crippen molar-refractivity contribution < 1.29 is 9.53 Å². The molecule has 4 heteroatoms. The fraction of sp³-hybridized carbons (Fsp3) is 0.296. The van der Waals surface area contributed by atoms with E-state index in [1.807, 2.05) is 36.4 Å². The van der Waals surface area contributed by atoms with Gasteiger partial charge in [0.05, 0.1) is 18.8 Å². The van der Waals surface area contributed by atoms with Crippen LogP contribution in [0, 0.1) is 6.92 Å². The van der Waals surface area contributed by atoms with E-state index in [9.17, 15) is 4.79 Å². The molecule has 0 atom stereocenters. The first-order valence-corrected chi connectivity index (χ1v) is 11.1. The predicted molar refractivity (Wildman–Crippen MR) is 126 cm³/mol. The summed E-state index contributed by atoms with van der Waals surface area (Å²) in [6, 6.07) is 22.4. The number of hydrogen-bond donors (Lipinski definition) is 0. The lowest BCUT2D eigenvalue weighted by Crippen LogP contribution is -2.37. The second kappa shape index (κ2) is 8.66. The number of nitrogens with zero attached hydrogens (tertiary/aromatic N) is 2. The number of morpholine rings is 1. The van der Waals surface area contributed by atoms with Crippen molar-refractivity contribution >= 4 is 27.5 Å². The highest BCUT2D eigenvalue weighted by molar-refractivity contribution is 6.22. The van der Waals surface area contributed by atoms with Gasteiger partial charge in [-0.3, -0.25) is 9.69 Å². The SMILES string of the molecule is Cc1c(C(=O)c2cccc3ccccc23)c2ccccc2n1CCCN1CCOCC1. The molecule has 0 aliphatic carbocycles. The zero-order valence-corrected chi connectivity index (χ0v) is 18.0. The van der Waals surface area contributed by atoms with Gasteiger partial charge in [-0.05, 0) is 30.2 Å². The van der Waals surface area contributed by atoms with Gasteiger partial charge in [0.25, 0.3) is 0 Å². The van der Waals surface area contributed by atoms with Crippen LogP contribution >= 0.6 is 0 Å². The Bertz CT molecular complexity index is 1230. The number of hydrogen-bond acceptors (Lipinski definition) is 3. The topological polar surface area (TPSA) is 34.5 Å². The number of carbonyl (C=O) groups excluding carboxylic acids is 1. The molecule has 3 aromatic carbocycles. The van der Waals surface area contributed by atoms with Crippen molar-refractivity contribution in [2.75, 3.05) is 32.8 Å². The van der Waals surface area contributed by atoms with Gasteiger partial charge in [0, 0.05) is 48.3 Å². The summed E-state index contributed by atoms with van der Waals surface area (Å²) >= 11 is 0. The summed E-state index contributed by atoms with van der Waals surface area (Å²) in [7, 11) is 0. The average molecular weight is 413 g/mol. The Morgan fingerprint density at radius 2 is 1.58 bits per heavy atom. The number of ether oxygens (including phenoxy) is 1. The third-order valence-electron chi connectivity index (χ3n) is 6.45. The molecule has 1 aliphatic heterocycles. The van der Waals surface area contributed by atoms with Crippen molar-refractivity contribution in [2.24, 2.45) is 0 Å². The third-order valence-corrected chi connectivity index (χ3v) is 6.45. The zero-order valence-electron chi connectivity index (χ0n) is 18.0. The third kappa shape index (κ3) is 3.78. The van der Waals surface area contributed by atoms with E-state index in [0.29, 0.717) is 0 Å². The van der Waals surface area contributed by atoms with Crippen LogP contribution in [0.5, 0.6) is 0 Å². The fourth-order valence-corrected chi connectivity index (χ4v) is 4.84.